The lowest BCUT2D eigenvalue weighted by Crippen LogP contribution is -2.58. The molecule has 5 aliphatic carbocycles. The molecular formula is C30H52. The van der Waals surface area contributed by atoms with E-state index in [1.165, 1.54) is 19.3 Å². The van der Waals surface area contributed by atoms with E-state index in [4.69, 9.17) is 0 Å². The highest BCUT2D eigenvalue weighted by Gasteiger charge is 2.60. The van der Waals surface area contributed by atoms with Crippen molar-refractivity contribution in [1.29, 1.82) is 0 Å². The van der Waals surface area contributed by atoms with Crippen LogP contribution in [0.1, 0.15) is 106 Å². The van der Waals surface area contributed by atoms with Gasteiger partial charge >= 0.3 is 0 Å². The highest BCUT2D eigenvalue weighted by atomic mass is 14.7. The van der Waals surface area contributed by atoms with Gasteiger partial charge in [0.2, 0.25) is 0 Å². The summed E-state index contributed by atoms with van der Waals surface area (Å²) in [7, 11) is 0. The zero-order chi connectivity index (χ0) is 21.4. The fraction of sp³-hybridized carbons (Fsp3) is 1.00. The first-order chi connectivity index (χ1) is 14.2. The van der Waals surface area contributed by atoms with Crippen molar-refractivity contribution in [2.45, 2.75) is 106 Å². The average molecular weight is 413 g/mol. The molecule has 0 nitrogen and oxygen atoms in total. The Morgan fingerprint density at radius 3 is 2.03 bits per heavy atom. The molecule has 30 heavy (non-hydrogen) atoms. The van der Waals surface area contributed by atoms with Gasteiger partial charge in [-0.1, -0.05) is 54.9 Å². The highest BCUT2D eigenvalue weighted by Crippen LogP contribution is 2.68. The van der Waals surface area contributed by atoms with Crippen LogP contribution in [0.2, 0.25) is 0 Å². The van der Waals surface area contributed by atoms with Crippen LogP contribution in [-0.4, -0.2) is 0 Å². The Kier molecular flexibility index (Phi) is 5.67. The zero-order valence-corrected chi connectivity index (χ0v) is 21.4. The van der Waals surface area contributed by atoms with Crippen LogP contribution in [-0.2, 0) is 0 Å². The Balaban J connectivity index is 1.47. The highest BCUT2D eigenvalue weighted by molar-refractivity contribution is 5.09. The third-order valence-corrected chi connectivity index (χ3v) is 12.2. The van der Waals surface area contributed by atoms with Crippen molar-refractivity contribution in [3.63, 3.8) is 0 Å². The molecule has 172 valence electrons. The molecule has 0 heterocycles. The quantitative estimate of drug-likeness (QED) is 0.425. The molecule has 5 fully saturated rings. The Morgan fingerprint density at radius 2 is 1.33 bits per heavy atom. The molecule has 0 aromatic carbocycles. The maximum Gasteiger partial charge on any atom is -0.0289 e. The molecule has 12 atom stereocenters. The second-order valence-electron chi connectivity index (χ2n) is 14.4. The molecule has 5 rings (SSSR count). The van der Waals surface area contributed by atoms with Crippen molar-refractivity contribution in [2.75, 3.05) is 0 Å². The lowest BCUT2D eigenvalue weighted by Gasteiger charge is -2.66. The van der Waals surface area contributed by atoms with Gasteiger partial charge in [-0.25, -0.2) is 0 Å². The van der Waals surface area contributed by atoms with E-state index < -0.39 is 0 Å². The minimum Gasteiger partial charge on any atom is -0.0625 e. The topological polar surface area (TPSA) is 0 Å². The van der Waals surface area contributed by atoms with Gasteiger partial charge in [-0.15, -0.1) is 0 Å². The molecule has 0 radical (unpaired) electrons. The number of hydrogen-bond donors (Lipinski definition) is 0. The van der Waals surface area contributed by atoms with E-state index in [2.05, 4.69) is 48.5 Å². The summed E-state index contributed by atoms with van der Waals surface area (Å²) < 4.78 is 0. The molecule has 0 unspecified atom stereocenters. The second kappa shape index (κ2) is 7.80. The zero-order valence-electron chi connectivity index (χ0n) is 21.4. The lowest BCUT2D eigenvalue weighted by atomic mass is 9.39. The van der Waals surface area contributed by atoms with Crippen LogP contribution in [0.15, 0.2) is 0 Å². The van der Waals surface area contributed by atoms with Gasteiger partial charge in [0.25, 0.3) is 0 Å². The first-order valence-corrected chi connectivity index (χ1v) is 14.2. The molecule has 0 bridgehead atoms. The van der Waals surface area contributed by atoms with Crippen molar-refractivity contribution < 1.29 is 0 Å². The van der Waals surface area contributed by atoms with Crippen molar-refractivity contribution in [3.05, 3.63) is 0 Å². The summed E-state index contributed by atoms with van der Waals surface area (Å²) in [6, 6.07) is 0. The largest absolute Gasteiger partial charge is 0.0625 e. The standard InChI is InChI=1S/C30H52/c1-17(2)22-9-8-20(6)24-15-25-21(14-26(22)24)16-30(7)11-10-23(18(3)4)27-12-19(5)13-28(25)29(27)30/h17-29H,8-16H2,1-7H3/t19-,20+,21+,22-,23-,24-,25-,26-,27-,28+,29-,30-/m0/s1. The van der Waals surface area contributed by atoms with Crippen molar-refractivity contribution in [1.82, 2.24) is 0 Å². The molecule has 0 N–H and O–H groups in total. The monoisotopic (exact) mass is 412 g/mol. The molecule has 0 aromatic rings. The van der Waals surface area contributed by atoms with E-state index in [-0.39, 0.29) is 0 Å². The van der Waals surface area contributed by atoms with Gasteiger partial charge in [-0.05, 0) is 134 Å². The summed E-state index contributed by atoms with van der Waals surface area (Å²) in [5, 5.41) is 0. The Morgan fingerprint density at radius 1 is 0.667 bits per heavy atom. The van der Waals surface area contributed by atoms with Crippen molar-refractivity contribution in [3.8, 4) is 0 Å². The van der Waals surface area contributed by atoms with Crippen molar-refractivity contribution >= 4 is 0 Å². The fourth-order valence-corrected chi connectivity index (χ4v) is 11.1. The third kappa shape index (κ3) is 3.36. The molecule has 0 heteroatoms. The van der Waals surface area contributed by atoms with Gasteiger partial charge in [0.05, 0.1) is 0 Å². The Labute approximate surface area is 188 Å². The molecule has 0 amide bonds. The molecular weight excluding hydrogens is 360 g/mol. The maximum atomic E-state index is 2.77. The summed E-state index contributed by atoms with van der Waals surface area (Å²) in [6.07, 6.45) is 14.1. The predicted molar refractivity (Wildman–Crippen MR) is 129 cm³/mol. The van der Waals surface area contributed by atoms with E-state index in [0.29, 0.717) is 5.41 Å². The van der Waals surface area contributed by atoms with Crippen LogP contribution in [0, 0.1) is 82.3 Å². The minimum atomic E-state index is 0.669. The van der Waals surface area contributed by atoms with Gasteiger partial charge in [-0.2, -0.15) is 0 Å². The first kappa shape index (κ1) is 21.8. The summed E-state index contributed by atoms with van der Waals surface area (Å²) in [5.74, 6) is 13.2. The van der Waals surface area contributed by atoms with E-state index in [9.17, 15) is 0 Å². The number of fused-ring (bicyclic) bond motifs is 3. The van der Waals surface area contributed by atoms with Gasteiger partial charge in [0, 0.05) is 0 Å². The molecule has 0 aromatic heterocycles. The Bertz CT molecular complexity index is 618. The smallest absolute Gasteiger partial charge is 0.0289 e. The van der Waals surface area contributed by atoms with E-state index >= 15 is 0 Å². The molecule has 5 saturated carbocycles. The second-order valence-corrected chi connectivity index (χ2v) is 14.4. The van der Waals surface area contributed by atoms with Gasteiger partial charge in [0.1, 0.15) is 0 Å². The molecule has 0 spiro atoms. The lowest BCUT2D eigenvalue weighted by molar-refractivity contribution is -0.170. The van der Waals surface area contributed by atoms with Crippen LogP contribution >= 0.6 is 0 Å². The fourth-order valence-electron chi connectivity index (χ4n) is 11.1. The molecule has 0 saturated heterocycles. The van der Waals surface area contributed by atoms with Crippen LogP contribution in [0.5, 0.6) is 0 Å². The number of rotatable bonds is 2. The third-order valence-electron chi connectivity index (χ3n) is 12.2. The number of hydrogen-bond acceptors (Lipinski definition) is 0. The molecule has 5 aliphatic rings. The average Bonchev–Trinajstić information content (AvgIpc) is 2.66. The van der Waals surface area contributed by atoms with E-state index in [0.717, 1.165) is 76.9 Å². The SMILES string of the molecule is CC(C)[C@@H]1CC[C@@H](C)[C@@H]2C[C@H]3[C@H](C[C@H]21)C[C@]1(C)CC[C@@H](C(C)C)[C@@H]2C[C@H](C)C[C@H]3[C@H]21. The van der Waals surface area contributed by atoms with Crippen LogP contribution < -0.4 is 0 Å². The van der Waals surface area contributed by atoms with E-state index in [1.807, 2.05) is 0 Å². The van der Waals surface area contributed by atoms with Gasteiger partial charge in [-0.3, -0.25) is 0 Å². The normalized spacial score (nSPS) is 55.7. The summed E-state index contributed by atoms with van der Waals surface area (Å²) >= 11 is 0. The van der Waals surface area contributed by atoms with E-state index in [1.54, 1.807) is 38.5 Å². The van der Waals surface area contributed by atoms with Crippen LogP contribution in [0.25, 0.3) is 0 Å². The van der Waals surface area contributed by atoms with Gasteiger partial charge < -0.3 is 0 Å². The maximum absolute atomic E-state index is 2.77. The first-order valence-electron chi connectivity index (χ1n) is 14.2. The summed E-state index contributed by atoms with van der Waals surface area (Å²) in [5.41, 5.74) is 0.669. The minimum absolute atomic E-state index is 0.669. The summed E-state index contributed by atoms with van der Waals surface area (Å²) in [6.45, 7) is 18.2. The summed E-state index contributed by atoms with van der Waals surface area (Å²) in [4.78, 5) is 0. The predicted octanol–water partition coefficient (Wildman–Crippen LogP) is 8.70. The molecule has 0 aliphatic heterocycles. The van der Waals surface area contributed by atoms with Gasteiger partial charge in [0.15, 0.2) is 0 Å². The van der Waals surface area contributed by atoms with Crippen LogP contribution in [0.3, 0.4) is 0 Å². The van der Waals surface area contributed by atoms with Crippen LogP contribution in [0.4, 0.5) is 0 Å². The Hall–Kier alpha value is 0. The van der Waals surface area contributed by atoms with Crippen molar-refractivity contribution in [2.24, 2.45) is 82.3 Å².